The van der Waals surface area contributed by atoms with E-state index in [0.717, 1.165) is 55.6 Å². The number of rotatable bonds is 6. The molecule has 1 aliphatic heterocycles. The summed E-state index contributed by atoms with van der Waals surface area (Å²) in [6.07, 6.45) is 4.97. The number of aryl methyl sites for hydroxylation is 1. The second-order valence-electron chi connectivity index (χ2n) is 7.97. The molecule has 1 heterocycles. The second-order valence-corrected chi connectivity index (χ2v) is 8.37. The highest BCUT2D eigenvalue weighted by molar-refractivity contribution is 6.37. The Kier molecular flexibility index (Phi) is 6.34. The number of hydrogen-bond donors (Lipinski definition) is 3. The van der Waals surface area contributed by atoms with Gasteiger partial charge in [0.05, 0.1) is 5.02 Å². The average molecular weight is 446 g/mol. The van der Waals surface area contributed by atoms with Crippen LogP contribution in [0.4, 0.5) is 5.69 Å². The molecule has 1 unspecified atom stereocenters. The summed E-state index contributed by atoms with van der Waals surface area (Å²) >= 11 is 6.46. The zero-order valence-electron chi connectivity index (χ0n) is 16.9. The van der Waals surface area contributed by atoms with Crippen LogP contribution in [0.2, 0.25) is 5.02 Å². The Hall–Kier alpha value is -2.77. The normalized spacial score (nSPS) is 17.4. The largest absolute Gasteiger partial charge is 0.508 e. The van der Waals surface area contributed by atoms with Crippen molar-refractivity contribution in [1.82, 2.24) is 0 Å². The zero-order chi connectivity index (χ0) is 22.0. The van der Waals surface area contributed by atoms with Crippen molar-refractivity contribution in [2.45, 2.75) is 38.5 Å². The van der Waals surface area contributed by atoms with E-state index in [2.05, 4.69) is 5.32 Å². The molecule has 2 aromatic carbocycles. The number of ether oxygens (including phenoxy) is 2. The quantitative estimate of drug-likeness (QED) is 0.572. The number of amides is 1. The average Bonchev–Trinajstić information content (AvgIpc) is 3.43. The van der Waals surface area contributed by atoms with Crippen LogP contribution in [0.25, 0.3) is 0 Å². The lowest BCUT2D eigenvalue weighted by Gasteiger charge is -2.17. The fraction of sp³-hybridized carbons (Fsp3) is 0.391. The van der Waals surface area contributed by atoms with E-state index in [1.807, 2.05) is 6.07 Å². The minimum Gasteiger partial charge on any atom is -0.508 e. The van der Waals surface area contributed by atoms with Gasteiger partial charge in [0.2, 0.25) is 0 Å². The molecule has 7 nitrogen and oxygen atoms in total. The third-order valence-corrected chi connectivity index (χ3v) is 6.14. The number of aromatic hydroxyl groups is 1. The third-order valence-electron chi connectivity index (χ3n) is 5.86. The number of hydrogen-bond acceptors (Lipinski definition) is 5. The Balaban J connectivity index is 1.56. The molecule has 164 valence electrons. The highest BCUT2D eigenvalue weighted by atomic mass is 35.5. The molecule has 0 radical (unpaired) electrons. The molecule has 1 atom stereocenters. The lowest BCUT2D eigenvalue weighted by atomic mass is 9.98. The summed E-state index contributed by atoms with van der Waals surface area (Å²) in [6, 6.07) is 6.66. The van der Waals surface area contributed by atoms with Gasteiger partial charge in [-0.1, -0.05) is 11.6 Å². The maximum Gasteiger partial charge on any atom is 0.394 e. The molecule has 1 amide bonds. The van der Waals surface area contributed by atoms with E-state index < -0.39 is 11.9 Å². The summed E-state index contributed by atoms with van der Waals surface area (Å²) in [7, 11) is 0. The van der Waals surface area contributed by atoms with Crippen molar-refractivity contribution in [3.8, 4) is 17.2 Å². The maximum atomic E-state index is 11.6. The predicted molar refractivity (Wildman–Crippen MR) is 115 cm³/mol. The van der Waals surface area contributed by atoms with Gasteiger partial charge in [-0.3, -0.25) is 4.79 Å². The Morgan fingerprint density at radius 2 is 2.03 bits per heavy atom. The number of nitrogens with one attached hydrogen (secondary N) is 1. The maximum absolute atomic E-state index is 11.6. The first kappa shape index (κ1) is 21.5. The van der Waals surface area contributed by atoms with Crippen LogP contribution in [0.15, 0.2) is 24.3 Å². The fourth-order valence-electron chi connectivity index (χ4n) is 4.23. The van der Waals surface area contributed by atoms with Crippen LogP contribution in [-0.4, -0.2) is 35.3 Å². The van der Waals surface area contributed by atoms with E-state index >= 15 is 0 Å². The van der Waals surface area contributed by atoms with Crippen molar-refractivity contribution >= 4 is 29.2 Å². The summed E-state index contributed by atoms with van der Waals surface area (Å²) < 4.78 is 11.6. The molecule has 0 spiro atoms. The SMILES string of the molecule is O=C(O)C(=O)Nc1cc(Cl)c(Oc2ccc(O)c(CCC3CCOC3)c2)c2c1CCC2. The molecule has 2 aromatic rings. The van der Waals surface area contributed by atoms with E-state index in [4.69, 9.17) is 26.2 Å². The Bertz CT molecular complexity index is 1020. The lowest BCUT2D eigenvalue weighted by Crippen LogP contribution is -2.22. The lowest BCUT2D eigenvalue weighted by molar-refractivity contribution is -0.147. The number of anilines is 1. The first-order valence-electron chi connectivity index (χ1n) is 10.4. The van der Waals surface area contributed by atoms with E-state index in [1.165, 1.54) is 6.07 Å². The molecule has 8 heteroatoms. The molecule has 1 aliphatic carbocycles. The minimum atomic E-state index is -1.55. The summed E-state index contributed by atoms with van der Waals surface area (Å²) in [6.45, 7) is 1.57. The van der Waals surface area contributed by atoms with Crippen LogP contribution in [0, 0.1) is 5.92 Å². The first-order chi connectivity index (χ1) is 14.9. The predicted octanol–water partition coefficient (Wildman–Crippen LogP) is 4.32. The summed E-state index contributed by atoms with van der Waals surface area (Å²) in [5, 5.41) is 21.8. The number of carbonyl (C=O) groups is 2. The Morgan fingerprint density at radius 3 is 2.77 bits per heavy atom. The van der Waals surface area contributed by atoms with Gasteiger partial charge in [-0.05, 0) is 79.8 Å². The minimum absolute atomic E-state index is 0.231. The number of aliphatic carboxylic acids is 1. The van der Waals surface area contributed by atoms with Gasteiger partial charge in [0, 0.05) is 24.5 Å². The van der Waals surface area contributed by atoms with E-state index in [9.17, 15) is 14.7 Å². The molecular weight excluding hydrogens is 422 g/mol. The molecule has 3 N–H and O–H groups in total. The van der Waals surface area contributed by atoms with Crippen LogP contribution in [0.1, 0.15) is 36.0 Å². The molecule has 1 fully saturated rings. The second kappa shape index (κ2) is 9.16. The molecular formula is C23H24ClNO6. The number of benzene rings is 2. The molecule has 0 saturated carbocycles. The number of halogens is 1. The van der Waals surface area contributed by atoms with Crippen LogP contribution in [0.3, 0.4) is 0 Å². The zero-order valence-corrected chi connectivity index (χ0v) is 17.7. The van der Waals surface area contributed by atoms with Gasteiger partial charge in [-0.2, -0.15) is 0 Å². The molecule has 4 rings (SSSR count). The van der Waals surface area contributed by atoms with Crippen molar-refractivity contribution in [2.75, 3.05) is 18.5 Å². The van der Waals surface area contributed by atoms with Crippen LogP contribution >= 0.6 is 11.6 Å². The van der Waals surface area contributed by atoms with Gasteiger partial charge >= 0.3 is 11.9 Å². The topological polar surface area (TPSA) is 105 Å². The summed E-state index contributed by atoms with van der Waals surface area (Å²) in [5.74, 6) is -0.847. The molecule has 0 bridgehead atoms. The molecule has 1 saturated heterocycles. The molecule has 2 aliphatic rings. The Morgan fingerprint density at radius 1 is 1.23 bits per heavy atom. The van der Waals surface area contributed by atoms with Crippen LogP contribution in [0.5, 0.6) is 17.2 Å². The van der Waals surface area contributed by atoms with Gasteiger partial charge in [0.25, 0.3) is 0 Å². The number of carbonyl (C=O) groups excluding carboxylic acids is 1. The summed E-state index contributed by atoms with van der Waals surface area (Å²) in [4.78, 5) is 22.5. The summed E-state index contributed by atoms with van der Waals surface area (Å²) in [5.41, 5.74) is 2.92. The van der Waals surface area contributed by atoms with Crippen LogP contribution in [-0.2, 0) is 33.6 Å². The van der Waals surface area contributed by atoms with E-state index in [1.54, 1.807) is 12.1 Å². The van der Waals surface area contributed by atoms with Gasteiger partial charge < -0.3 is 25.0 Å². The van der Waals surface area contributed by atoms with Crippen molar-refractivity contribution in [2.24, 2.45) is 5.92 Å². The van der Waals surface area contributed by atoms with Gasteiger partial charge in [-0.15, -0.1) is 0 Å². The van der Waals surface area contributed by atoms with E-state index in [0.29, 0.717) is 41.0 Å². The van der Waals surface area contributed by atoms with Gasteiger partial charge in [0.1, 0.15) is 17.2 Å². The van der Waals surface area contributed by atoms with Gasteiger partial charge in [0.15, 0.2) is 0 Å². The number of fused-ring (bicyclic) bond motifs is 1. The van der Waals surface area contributed by atoms with Crippen molar-refractivity contribution < 1.29 is 29.3 Å². The standard InChI is InChI=1S/C23H24ClNO6/c24-18-11-19(25-22(27)23(28)29)16-2-1-3-17(16)21(18)31-15-6-7-20(26)14(10-15)5-4-13-8-9-30-12-13/h6-7,10-11,13,26H,1-5,8-9,12H2,(H,25,27)(H,28,29). The highest BCUT2D eigenvalue weighted by Crippen LogP contribution is 2.43. The number of phenolic OH excluding ortho intramolecular Hbond substituents is 1. The number of carboxylic acid groups (broad SMARTS) is 1. The van der Waals surface area contributed by atoms with Crippen molar-refractivity contribution in [3.63, 3.8) is 0 Å². The monoisotopic (exact) mass is 445 g/mol. The van der Waals surface area contributed by atoms with Crippen LogP contribution < -0.4 is 10.1 Å². The Labute approximate surface area is 184 Å². The molecule has 0 aromatic heterocycles. The van der Waals surface area contributed by atoms with E-state index in [-0.39, 0.29) is 5.75 Å². The number of phenols is 1. The first-order valence-corrected chi connectivity index (χ1v) is 10.8. The number of carboxylic acids is 1. The van der Waals surface area contributed by atoms with Crippen molar-refractivity contribution in [3.05, 3.63) is 46.0 Å². The fourth-order valence-corrected chi connectivity index (χ4v) is 4.49. The third kappa shape index (κ3) is 4.78. The highest BCUT2D eigenvalue weighted by Gasteiger charge is 2.25. The molecule has 31 heavy (non-hydrogen) atoms. The van der Waals surface area contributed by atoms with Gasteiger partial charge in [-0.25, -0.2) is 4.79 Å². The smallest absolute Gasteiger partial charge is 0.394 e. The van der Waals surface area contributed by atoms with Crippen molar-refractivity contribution in [1.29, 1.82) is 0 Å².